The van der Waals surface area contributed by atoms with Gasteiger partial charge in [-0.05, 0) is 45.9 Å². The monoisotopic (exact) mass is 321 g/mol. The van der Waals surface area contributed by atoms with E-state index in [2.05, 4.69) is 22.6 Å². The second-order valence-corrected chi connectivity index (χ2v) is 5.05. The number of benzene rings is 1. The van der Waals surface area contributed by atoms with Crippen LogP contribution in [0.15, 0.2) is 12.1 Å². The molecule has 4 heteroatoms. The van der Waals surface area contributed by atoms with E-state index in [1.54, 1.807) is 4.90 Å². The van der Waals surface area contributed by atoms with E-state index in [1.165, 1.54) is 5.56 Å². The van der Waals surface area contributed by atoms with Crippen LogP contribution in [-0.2, 0) is 17.8 Å². The van der Waals surface area contributed by atoms with Crippen LogP contribution < -0.4 is 0 Å². The summed E-state index contributed by atoms with van der Waals surface area (Å²) in [6, 6.07) is 3.83. The van der Waals surface area contributed by atoms with Gasteiger partial charge in [-0.2, -0.15) is 0 Å². The molecule has 74 valence electrons. The molecule has 0 radical (unpaired) electrons. The molecule has 1 aliphatic heterocycles. The number of likely N-dealkylation sites (N-methyl/N-ethyl adjacent to an activating group) is 1. The van der Waals surface area contributed by atoms with Crippen LogP contribution in [0.4, 0.5) is 0 Å². The minimum absolute atomic E-state index is 0.163. The fourth-order valence-electron chi connectivity index (χ4n) is 1.61. The normalized spacial score (nSPS) is 15.6. The van der Waals surface area contributed by atoms with Crippen molar-refractivity contribution in [3.8, 4) is 0 Å². The van der Waals surface area contributed by atoms with Gasteiger partial charge < -0.3 is 4.90 Å². The van der Waals surface area contributed by atoms with Crippen molar-refractivity contribution in [1.29, 1.82) is 0 Å². The molecule has 2 rings (SSSR count). The average Bonchev–Trinajstić information content (AvgIpc) is 2.08. The zero-order valence-corrected chi connectivity index (χ0v) is 10.6. The highest BCUT2D eigenvalue weighted by Gasteiger charge is 2.21. The zero-order valence-electron chi connectivity index (χ0n) is 7.68. The molecule has 0 aliphatic carbocycles. The van der Waals surface area contributed by atoms with Crippen molar-refractivity contribution in [2.45, 2.75) is 13.0 Å². The standard InChI is InChI=1S/C10H9ClINO/c1-13-5-8-6(3-10(13)14)2-7(11)4-9(8)12/h2,4H,3,5H2,1H3. The minimum Gasteiger partial charge on any atom is -0.341 e. The predicted octanol–water partition coefficient (Wildman–Crippen LogP) is 2.46. The Morgan fingerprint density at radius 2 is 2.21 bits per heavy atom. The molecule has 0 bridgehead atoms. The van der Waals surface area contributed by atoms with Crippen molar-refractivity contribution < 1.29 is 4.79 Å². The molecule has 0 N–H and O–H groups in total. The molecule has 1 amide bonds. The van der Waals surface area contributed by atoms with Gasteiger partial charge in [0.05, 0.1) is 6.42 Å². The number of halogens is 2. The van der Waals surface area contributed by atoms with Gasteiger partial charge in [-0.3, -0.25) is 4.79 Å². The molecule has 0 unspecified atom stereocenters. The predicted molar refractivity (Wildman–Crippen MR) is 64.3 cm³/mol. The van der Waals surface area contributed by atoms with Crippen LogP contribution in [0, 0.1) is 3.57 Å². The molecule has 2 nitrogen and oxygen atoms in total. The van der Waals surface area contributed by atoms with E-state index in [1.807, 2.05) is 19.2 Å². The van der Waals surface area contributed by atoms with E-state index in [0.717, 1.165) is 9.13 Å². The Labute approximate surface area is 101 Å². The zero-order chi connectivity index (χ0) is 10.3. The number of fused-ring (bicyclic) bond motifs is 1. The van der Waals surface area contributed by atoms with Crippen LogP contribution in [0.3, 0.4) is 0 Å². The first-order valence-electron chi connectivity index (χ1n) is 4.28. The number of amides is 1. The summed E-state index contributed by atoms with van der Waals surface area (Å²) in [5.41, 5.74) is 2.31. The first-order valence-corrected chi connectivity index (χ1v) is 5.74. The molecule has 0 saturated heterocycles. The lowest BCUT2D eigenvalue weighted by Gasteiger charge is -2.26. The molecule has 0 aromatic heterocycles. The Bertz CT molecular complexity index is 405. The first-order chi connectivity index (χ1) is 6.58. The van der Waals surface area contributed by atoms with E-state index >= 15 is 0 Å². The van der Waals surface area contributed by atoms with E-state index < -0.39 is 0 Å². The largest absolute Gasteiger partial charge is 0.341 e. The van der Waals surface area contributed by atoms with Gasteiger partial charge in [-0.1, -0.05) is 11.6 Å². The Balaban J connectivity index is 2.51. The van der Waals surface area contributed by atoms with Gasteiger partial charge in [-0.25, -0.2) is 0 Å². The van der Waals surface area contributed by atoms with Crippen molar-refractivity contribution in [3.63, 3.8) is 0 Å². The lowest BCUT2D eigenvalue weighted by atomic mass is 10.00. The van der Waals surface area contributed by atoms with Gasteiger partial charge in [0.2, 0.25) is 5.91 Å². The van der Waals surface area contributed by atoms with Crippen LogP contribution in [-0.4, -0.2) is 17.9 Å². The Kier molecular flexibility index (Phi) is 2.70. The molecule has 1 aromatic rings. The molecule has 1 heterocycles. The quantitative estimate of drug-likeness (QED) is 0.672. The summed E-state index contributed by atoms with van der Waals surface area (Å²) in [5.74, 6) is 0.163. The van der Waals surface area contributed by atoms with Crippen LogP contribution in [0.1, 0.15) is 11.1 Å². The van der Waals surface area contributed by atoms with Gasteiger partial charge in [0.15, 0.2) is 0 Å². The smallest absolute Gasteiger partial charge is 0.227 e. The minimum atomic E-state index is 0.163. The van der Waals surface area contributed by atoms with E-state index in [-0.39, 0.29) is 5.91 Å². The maximum absolute atomic E-state index is 11.5. The van der Waals surface area contributed by atoms with E-state index in [9.17, 15) is 4.79 Å². The summed E-state index contributed by atoms with van der Waals surface area (Å²) < 4.78 is 1.14. The topological polar surface area (TPSA) is 20.3 Å². The van der Waals surface area contributed by atoms with Gasteiger partial charge in [0.1, 0.15) is 0 Å². The van der Waals surface area contributed by atoms with Crippen LogP contribution in [0.5, 0.6) is 0 Å². The lowest BCUT2D eigenvalue weighted by molar-refractivity contribution is -0.130. The number of hydrogen-bond donors (Lipinski definition) is 0. The average molecular weight is 322 g/mol. The van der Waals surface area contributed by atoms with Crippen LogP contribution >= 0.6 is 34.2 Å². The van der Waals surface area contributed by atoms with Gasteiger partial charge in [0.25, 0.3) is 0 Å². The molecular weight excluding hydrogens is 312 g/mol. The van der Waals surface area contributed by atoms with Crippen LogP contribution in [0.2, 0.25) is 5.02 Å². The highest BCUT2D eigenvalue weighted by atomic mass is 127. The van der Waals surface area contributed by atoms with Crippen molar-refractivity contribution in [3.05, 3.63) is 31.9 Å². The molecular formula is C10H9ClINO. The maximum Gasteiger partial charge on any atom is 0.227 e. The number of carbonyl (C=O) groups excluding carboxylic acids is 1. The van der Waals surface area contributed by atoms with Crippen molar-refractivity contribution in [2.24, 2.45) is 0 Å². The number of carbonyl (C=O) groups is 1. The molecule has 0 fully saturated rings. The summed E-state index contributed by atoms with van der Waals surface area (Å²) >= 11 is 8.20. The fraction of sp³-hybridized carbons (Fsp3) is 0.300. The summed E-state index contributed by atoms with van der Waals surface area (Å²) in [6.45, 7) is 0.698. The number of hydrogen-bond acceptors (Lipinski definition) is 1. The van der Waals surface area contributed by atoms with Gasteiger partial charge in [0, 0.05) is 22.2 Å². The molecule has 0 atom stereocenters. The van der Waals surface area contributed by atoms with Gasteiger partial charge >= 0.3 is 0 Å². The molecule has 1 aromatic carbocycles. The van der Waals surface area contributed by atoms with Gasteiger partial charge in [-0.15, -0.1) is 0 Å². The molecule has 1 aliphatic rings. The summed E-state index contributed by atoms with van der Waals surface area (Å²) in [4.78, 5) is 13.2. The number of nitrogens with zero attached hydrogens (tertiary/aromatic N) is 1. The lowest BCUT2D eigenvalue weighted by Crippen LogP contribution is -2.33. The Morgan fingerprint density at radius 1 is 1.50 bits per heavy atom. The fourth-order valence-corrected chi connectivity index (χ4v) is 2.89. The number of rotatable bonds is 0. The van der Waals surface area contributed by atoms with E-state index in [0.29, 0.717) is 18.0 Å². The van der Waals surface area contributed by atoms with E-state index in [4.69, 9.17) is 11.6 Å². The second kappa shape index (κ2) is 3.70. The van der Waals surface area contributed by atoms with Crippen LogP contribution in [0.25, 0.3) is 0 Å². The second-order valence-electron chi connectivity index (χ2n) is 3.45. The Hall–Kier alpha value is -0.290. The maximum atomic E-state index is 11.5. The molecule has 14 heavy (non-hydrogen) atoms. The van der Waals surface area contributed by atoms with Crippen molar-refractivity contribution >= 4 is 40.1 Å². The summed E-state index contributed by atoms with van der Waals surface area (Å²) in [6.07, 6.45) is 0.475. The molecule has 0 spiro atoms. The first kappa shape index (κ1) is 10.2. The summed E-state index contributed by atoms with van der Waals surface area (Å²) in [5, 5.41) is 0.713. The van der Waals surface area contributed by atoms with Crippen molar-refractivity contribution in [1.82, 2.24) is 4.90 Å². The van der Waals surface area contributed by atoms with Crippen molar-refractivity contribution in [2.75, 3.05) is 7.05 Å². The third kappa shape index (κ3) is 1.75. The highest BCUT2D eigenvalue weighted by molar-refractivity contribution is 14.1. The molecule has 0 saturated carbocycles. The SMILES string of the molecule is CN1Cc2c(I)cc(Cl)cc2CC1=O. The third-order valence-electron chi connectivity index (χ3n) is 2.42. The Morgan fingerprint density at radius 3 is 2.93 bits per heavy atom. The highest BCUT2D eigenvalue weighted by Crippen LogP contribution is 2.27. The summed E-state index contributed by atoms with van der Waals surface area (Å²) in [7, 11) is 1.83. The third-order valence-corrected chi connectivity index (χ3v) is 3.60.